The lowest BCUT2D eigenvalue weighted by Crippen LogP contribution is -2.25. The minimum absolute atomic E-state index is 0.0187. The van der Waals surface area contributed by atoms with E-state index in [-0.39, 0.29) is 11.3 Å². The van der Waals surface area contributed by atoms with Crippen molar-refractivity contribution in [3.8, 4) is 17.2 Å². The molecule has 33 heavy (non-hydrogen) atoms. The highest BCUT2D eigenvalue weighted by Crippen LogP contribution is 2.35. The van der Waals surface area contributed by atoms with Crippen LogP contribution in [0.15, 0.2) is 23.0 Å². The lowest BCUT2D eigenvalue weighted by atomic mass is 10.1. The number of carbonyl (C=O) groups excluding carboxylic acids is 1. The Balaban J connectivity index is 2.49. The molecular weight excluding hydrogens is 418 g/mol. The zero-order valence-corrected chi connectivity index (χ0v) is 20.9. The van der Waals surface area contributed by atoms with E-state index in [0.717, 1.165) is 68.0 Å². The van der Waals surface area contributed by atoms with Gasteiger partial charge in [0.15, 0.2) is 5.75 Å². The van der Waals surface area contributed by atoms with Crippen LogP contribution in [0.5, 0.6) is 17.2 Å². The number of fused-ring (bicyclic) bond motifs is 1. The first kappa shape index (κ1) is 26.7. The van der Waals surface area contributed by atoms with Gasteiger partial charge >= 0.3 is 5.97 Å². The van der Waals surface area contributed by atoms with E-state index in [1.54, 1.807) is 4.57 Å². The van der Waals surface area contributed by atoms with Gasteiger partial charge in [-0.05, 0) is 31.4 Å². The second-order valence-electron chi connectivity index (χ2n) is 8.56. The first-order valence-corrected chi connectivity index (χ1v) is 12.7. The molecule has 0 unspecified atom stereocenters. The van der Waals surface area contributed by atoms with E-state index >= 15 is 0 Å². The van der Waals surface area contributed by atoms with E-state index in [4.69, 9.17) is 14.2 Å². The highest BCUT2D eigenvalue weighted by atomic mass is 16.6. The van der Waals surface area contributed by atoms with Crippen molar-refractivity contribution in [2.45, 2.75) is 98.4 Å². The van der Waals surface area contributed by atoms with Gasteiger partial charge in [0.05, 0.1) is 18.7 Å². The van der Waals surface area contributed by atoms with Crippen LogP contribution in [0.4, 0.5) is 0 Å². The molecule has 1 heterocycles. The van der Waals surface area contributed by atoms with Gasteiger partial charge in [0.2, 0.25) is 5.75 Å². The lowest BCUT2D eigenvalue weighted by molar-refractivity contribution is -0.132. The quantitative estimate of drug-likeness (QED) is 0.208. The number of rotatable bonds is 16. The molecule has 0 bridgehead atoms. The Morgan fingerprint density at radius 3 is 2.15 bits per heavy atom. The Hall–Kier alpha value is -2.50. The Morgan fingerprint density at radius 2 is 1.48 bits per heavy atom. The molecule has 0 atom stereocenters. The summed E-state index contributed by atoms with van der Waals surface area (Å²) in [5.74, 6) is 0.532. The fraction of sp³-hybridized carbons (Fsp3) is 0.630. The number of esters is 1. The minimum Gasteiger partial charge on any atom is -0.494 e. The third-order valence-electron chi connectivity index (χ3n) is 5.64. The number of aromatic nitrogens is 1. The molecule has 0 aliphatic carbocycles. The van der Waals surface area contributed by atoms with E-state index in [1.807, 2.05) is 18.2 Å². The van der Waals surface area contributed by atoms with E-state index in [1.165, 1.54) is 19.8 Å². The SMILES string of the molecule is CCCCCCOc1ccc2c(OCCCC)c(OC(C)=O)c(=O)n(CCCCCC)c2c1. The summed E-state index contributed by atoms with van der Waals surface area (Å²) < 4.78 is 19.1. The van der Waals surface area contributed by atoms with Gasteiger partial charge in [-0.1, -0.05) is 65.7 Å². The molecule has 2 rings (SSSR count). The monoisotopic (exact) mass is 459 g/mol. The van der Waals surface area contributed by atoms with Crippen LogP contribution >= 0.6 is 0 Å². The van der Waals surface area contributed by atoms with Crippen molar-refractivity contribution in [1.82, 2.24) is 4.57 Å². The molecule has 1 aromatic carbocycles. The smallest absolute Gasteiger partial charge is 0.308 e. The van der Waals surface area contributed by atoms with Crippen molar-refractivity contribution in [3.05, 3.63) is 28.6 Å². The van der Waals surface area contributed by atoms with Gasteiger partial charge in [-0.15, -0.1) is 0 Å². The molecular formula is C27H41NO5. The third-order valence-corrected chi connectivity index (χ3v) is 5.64. The molecule has 184 valence electrons. The number of benzene rings is 1. The first-order chi connectivity index (χ1) is 16.0. The maximum atomic E-state index is 13.4. The summed E-state index contributed by atoms with van der Waals surface area (Å²) in [5, 5.41) is 0.760. The Morgan fingerprint density at radius 1 is 0.818 bits per heavy atom. The highest BCUT2D eigenvalue weighted by molar-refractivity contribution is 5.90. The van der Waals surface area contributed by atoms with E-state index < -0.39 is 5.97 Å². The maximum Gasteiger partial charge on any atom is 0.308 e. The van der Waals surface area contributed by atoms with Crippen molar-refractivity contribution in [3.63, 3.8) is 0 Å². The highest BCUT2D eigenvalue weighted by Gasteiger charge is 2.21. The van der Waals surface area contributed by atoms with Crippen LogP contribution in [0, 0.1) is 0 Å². The third kappa shape index (κ3) is 8.09. The van der Waals surface area contributed by atoms with E-state index in [9.17, 15) is 9.59 Å². The van der Waals surface area contributed by atoms with Crippen LogP contribution in [0.2, 0.25) is 0 Å². The fourth-order valence-corrected chi connectivity index (χ4v) is 3.80. The predicted octanol–water partition coefficient (Wildman–Crippen LogP) is 6.65. The zero-order chi connectivity index (χ0) is 24.1. The number of hydrogen-bond donors (Lipinski definition) is 0. The van der Waals surface area contributed by atoms with Gasteiger partial charge in [0, 0.05) is 24.9 Å². The second-order valence-corrected chi connectivity index (χ2v) is 8.56. The van der Waals surface area contributed by atoms with Gasteiger partial charge in [-0.25, -0.2) is 0 Å². The standard InChI is InChI=1S/C27H41NO5/c1-5-8-11-13-17-28-24-20-22(31-19-14-12-9-6-2)15-16-23(24)25(32-18-10-7-3)26(27(28)30)33-21(4)29/h15-16,20H,5-14,17-19H2,1-4H3. The van der Waals surface area contributed by atoms with Gasteiger partial charge < -0.3 is 18.8 Å². The summed E-state index contributed by atoms with van der Waals surface area (Å²) in [6, 6.07) is 5.73. The number of nitrogens with zero attached hydrogens (tertiary/aromatic N) is 1. The fourth-order valence-electron chi connectivity index (χ4n) is 3.80. The molecule has 0 aliphatic heterocycles. The van der Waals surface area contributed by atoms with Crippen LogP contribution in [0.25, 0.3) is 10.9 Å². The molecule has 0 radical (unpaired) electrons. The minimum atomic E-state index is -0.531. The maximum absolute atomic E-state index is 13.4. The molecule has 1 aromatic heterocycles. The molecule has 6 heteroatoms. The predicted molar refractivity (Wildman–Crippen MR) is 134 cm³/mol. The van der Waals surface area contributed by atoms with E-state index in [0.29, 0.717) is 25.5 Å². The van der Waals surface area contributed by atoms with Gasteiger partial charge in [-0.3, -0.25) is 9.59 Å². The number of unbranched alkanes of at least 4 members (excludes halogenated alkanes) is 7. The van der Waals surface area contributed by atoms with Crippen LogP contribution in [-0.4, -0.2) is 23.8 Å². The molecule has 6 nitrogen and oxygen atoms in total. The van der Waals surface area contributed by atoms with Gasteiger partial charge in [0.1, 0.15) is 5.75 Å². The van der Waals surface area contributed by atoms with Crippen LogP contribution in [0.3, 0.4) is 0 Å². The summed E-state index contributed by atoms with van der Waals surface area (Å²) in [6.45, 7) is 9.39. The van der Waals surface area contributed by atoms with Crippen LogP contribution in [-0.2, 0) is 11.3 Å². The lowest BCUT2D eigenvalue weighted by Gasteiger charge is -2.18. The van der Waals surface area contributed by atoms with E-state index in [2.05, 4.69) is 20.8 Å². The molecule has 0 saturated carbocycles. The molecule has 0 aliphatic rings. The van der Waals surface area contributed by atoms with Gasteiger partial charge in [-0.2, -0.15) is 0 Å². The summed E-state index contributed by atoms with van der Waals surface area (Å²) in [4.78, 5) is 25.2. The molecule has 0 fully saturated rings. The molecule has 0 N–H and O–H groups in total. The van der Waals surface area contributed by atoms with Crippen LogP contribution in [0.1, 0.15) is 91.9 Å². The topological polar surface area (TPSA) is 66.8 Å². The summed E-state index contributed by atoms with van der Waals surface area (Å²) >= 11 is 0. The second kappa shape index (κ2) is 14.6. The summed E-state index contributed by atoms with van der Waals surface area (Å²) in [7, 11) is 0. The average molecular weight is 460 g/mol. The molecule has 2 aromatic rings. The zero-order valence-electron chi connectivity index (χ0n) is 20.9. The Kier molecular flexibility index (Phi) is 11.8. The van der Waals surface area contributed by atoms with Crippen molar-refractivity contribution < 1.29 is 19.0 Å². The normalized spacial score (nSPS) is 11.0. The van der Waals surface area contributed by atoms with Crippen molar-refractivity contribution >= 4 is 16.9 Å². The first-order valence-electron chi connectivity index (χ1n) is 12.7. The number of aryl methyl sites for hydroxylation is 1. The molecule has 0 saturated heterocycles. The largest absolute Gasteiger partial charge is 0.494 e. The number of ether oxygens (including phenoxy) is 3. The summed E-state index contributed by atoms with van der Waals surface area (Å²) in [6.07, 6.45) is 10.5. The van der Waals surface area contributed by atoms with Crippen molar-refractivity contribution in [2.24, 2.45) is 0 Å². The van der Waals surface area contributed by atoms with Crippen LogP contribution < -0.4 is 19.8 Å². The summed E-state index contributed by atoms with van der Waals surface area (Å²) in [5.41, 5.74) is 0.422. The Labute approximate surface area is 198 Å². The number of hydrogen-bond acceptors (Lipinski definition) is 5. The number of pyridine rings is 1. The number of carbonyl (C=O) groups is 1. The van der Waals surface area contributed by atoms with Crippen molar-refractivity contribution in [1.29, 1.82) is 0 Å². The van der Waals surface area contributed by atoms with Gasteiger partial charge in [0.25, 0.3) is 5.56 Å². The van der Waals surface area contributed by atoms with Crippen molar-refractivity contribution in [2.75, 3.05) is 13.2 Å². The molecule has 0 spiro atoms. The molecule has 0 amide bonds. The Bertz CT molecular complexity index is 934. The average Bonchev–Trinajstić information content (AvgIpc) is 2.80.